The Morgan fingerprint density at radius 3 is 2.76 bits per heavy atom. The molecule has 2 N–H and O–H groups in total. The number of ether oxygens (including phenoxy) is 1. The fraction of sp³-hybridized carbons (Fsp3) is 0.368. The van der Waals surface area contributed by atoms with Crippen molar-refractivity contribution in [3.05, 3.63) is 59.7 Å². The second kappa shape index (κ2) is 8.07. The Labute approximate surface area is 146 Å². The third-order valence-electron chi connectivity index (χ3n) is 4.53. The summed E-state index contributed by atoms with van der Waals surface area (Å²) in [5.41, 5.74) is 6.17. The summed E-state index contributed by atoms with van der Waals surface area (Å²) in [5.74, 6) is 0.349. The van der Waals surface area contributed by atoms with Gasteiger partial charge in [0, 0.05) is 24.4 Å². The third-order valence-corrected chi connectivity index (χ3v) is 4.53. The molecule has 1 aliphatic rings. The quantitative estimate of drug-likeness (QED) is 0.875. The average Bonchev–Trinajstić information content (AvgIpc) is 2.63. The van der Waals surface area contributed by atoms with Gasteiger partial charge < -0.3 is 10.5 Å². The summed E-state index contributed by atoms with van der Waals surface area (Å²) in [6.07, 6.45) is 3.52. The number of likely N-dealkylation sites (tertiary alicyclic amines) is 1. The van der Waals surface area contributed by atoms with E-state index < -0.39 is 5.91 Å². The second-order valence-corrected chi connectivity index (χ2v) is 6.36. The Kier molecular flexibility index (Phi) is 5.60. The number of nitrogens with zero attached hydrogens (tertiary/aromatic N) is 2. The van der Waals surface area contributed by atoms with Crippen LogP contribution in [0.25, 0.3) is 0 Å². The molecule has 0 atom stereocenters. The summed E-state index contributed by atoms with van der Waals surface area (Å²) >= 11 is 0. The Morgan fingerprint density at radius 1 is 1.28 bits per heavy atom. The predicted octanol–water partition coefficient (Wildman–Crippen LogP) is 2.61. The standard InChI is InChI=1S/C19H22FN3O2/c20-17-4-2-1-3-15(17)12-23-9-6-14(7-10-23)13-25-16-5-8-22-18(11-16)19(21)24/h1-5,8,11,14H,6-7,9-10,12-13H2,(H2,21,24). The van der Waals surface area contributed by atoms with E-state index in [9.17, 15) is 9.18 Å². The molecule has 132 valence electrons. The first-order valence-electron chi connectivity index (χ1n) is 8.46. The van der Waals surface area contributed by atoms with Gasteiger partial charge in [0.15, 0.2) is 0 Å². The van der Waals surface area contributed by atoms with Crippen molar-refractivity contribution < 1.29 is 13.9 Å². The van der Waals surface area contributed by atoms with Gasteiger partial charge in [-0.2, -0.15) is 0 Å². The molecule has 1 aliphatic heterocycles. The molecule has 0 unspecified atom stereocenters. The van der Waals surface area contributed by atoms with E-state index in [-0.39, 0.29) is 11.5 Å². The van der Waals surface area contributed by atoms with Gasteiger partial charge >= 0.3 is 0 Å². The Balaban J connectivity index is 1.46. The molecule has 25 heavy (non-hydrogen) atoms. The van der Waals surface area contributed by atoms with Crippen LogP contribution in [0.1, 0.15) is 28.9 Å². The molecule has 1 saturated heterocycles. The van der Waals surface area contributed by atoms with Crippen LogP contribution in [0, 0.1) is 11.7 Å². The molecule has 0 saturated carbocycles. The number of piperidine rings is 1. The summed E-state index contributed by atoms with van der Waals surface area (Å²) in [7, 11) is 0. The summed E-state index contributed by atoms with van der Waals surface area (Å²) in [6, 6.07) is 10.2. The number of primary amides is 1. The molecule has 1 fully saturated rings. The molecular formula is C19H22FN3O2. The van der Waals surface area contributed by atoms with Gasteiger partial charge in [0.1, 0.15) is 17.3 Å². The van der Waals surface area contributed by atoms with Gasteiger partial charge in [-0.3, -0.25) is 14.7 Å². The largest absolute Gasteiger partial charge is 0.493 e. The predicted molar refractivity (Wildman–Crippen MR) is 92.7 cm³/mol. The van der Waals surface area contributed by atoms with Crippen molar-refractivity contribution in [2.75, 3.05) is 19.7 Å². The van der Waals surface area contributed by atoms with Crippen LogP contribution in [-0.4, -0.2) is 35.5 Å². The van der Waals surface area contributed by atoms with Crippen molar-refractivity contribution in [3.63, 3.8) is 0 Å². The summed E-state index contributed by atoms with van der Waals surface area (Å²) < 4.78 is 19.5. The highest BCUT2D eigenvalue weighted by molar-refractivity contribution is 5.91. The number of pyridine rings is 1. The molecule has 1 aromatic heterocycles. The number of hydrogen-bond acceptors (Lipinski definition) is 4. The lowest BCUT2D eigenvalue weighted by Crippen LogP contribution is -2.35. The van der Waals surface area contributed by atoms with E-state index in [0.29, 0.717) is 24.8 Å². The molecule has 3 rings (SSSR count). The van der Waals surface area contributed by atoms with E-state index in [1.54, 1.807) is 18.2 Å². The maximum atomic E-state index is 13.7. The van der Waals surface area contributed by atoms with Gasteiger partial charge in [-0.05, 0) is 44.0 Å². The maximum Gasteiger partial charge on any atom is 0.267 e. The first kappa shape index (κ1) is 17.4. The van der Waals surface area contributed by atoms with E-state index in [2.05, 4.69) is 9.88 Å². The minimum Gasteiger partial charge on any atom is -0.493 e. The minimum atomic E-state index is -0.563. The highest BCUT2D eigenvalue weighted by atomic mass is 19.1. The van der Waals surface area contributed by atoms with Crippen molar-refractivity contribution in [1.29, 1.82) is 0 Å². The summed E-state index contributed by atoms with van der Waals surface area (Å²) in [6.45, 7) is 3.08. The van der Waals surface area contributed by atoms with Crippen molar-refractivity contribution in [3.8, 4) is 5.75 Å². The van der Waals surface area contributed by atoms with Gasteiger partial charge in [0.2, 0.25) is 0 Å². The molecule has 2 heterocycles. The van der Waals surface area contributed by atoms with Crippen LogP contribution in [0.4, 0.5) is 4.39 Å². The van der Waals surface area contributed by atoms with E-state index in [4.69, 9.17) is 10.5 Å². The number of carbonyl (C=O) groups excluding carboxylic acids is 1. The molecule has 2 aromatic rings. The first-order chi connectivity index (χ1) is 12.1. The number of benzene rings is 1. The third kappa shape index (κ3) is 4.76. The van der Waals surface area contributed by atoms with Crippen molar-refractivity contribution in [2.45, 2.75) is 19.4 Å². The molecular weight excluding hydrogens is 321 g/mol. The number of carbonyl (C=O) groups is 1. The molecule has 5 nitrogen and oxygen atoms in total. The Bertz CT molecular complexity index is 730. The zero-order valence-corrected chi connectivity index (χ0v) is 14.0. The lowest BCUT2D eigenvalue weighted by atomic mass is 9.97. The highest BCUT2D eigenvalue weighted by Crippen LogP contribution is 2.21. The van der Waals surface area contributed by atoms with Gasteiger partial charge in [-0.15, -0.1) is 0 Å². The number of nitrogens with two attached hydrogens (primary N) is 1. The van der Waals surface area contributed by atoms with Gasteiger partial charge in [0.05, 0.1) is 6.61 Å². The first-order valence-corrected chi connectivity index (χ1v) is 8.46. The van der Waals surface area contributed by atoms with Crippen molar-refractivity contribution in [1.82, 2.24) is 9.88 Å². The summed E-state index contributed by atoms with van der Waals surface area (Å²) in [5, 5.41) is 0. The number of amides is 1. The van der Waals surface area contributed by atoms with Crippen molar-refractivity contribution >= 4 is 5.91 Å². The fourth-order valence-electron chi connectivity index (χ4n) is 3.03. The molecule has 0 aliphatic carbocycles. The number of aromatic nitrogens is 1. The average molecular weight is 343 g/mol. The minimum absolute atomic E-state index is 0.143. The molecule has 0 radical (unpaired) electrons. The highest BCUT2D eigenvalue weighted by Gasteiger charge is 2.20. The number of rotatable bonds is 6. The van der Waals surface area contributed by atoms with Crippen LogP contribution >= 0.6 is 0 Å². The van der Waals surface area contributed by atoms with Crippen LogP contribution < -0.4 is 10.5 Å². The van der Waals surface area contributed by atoms with Crippen LogP contribution in [0.5, 0.6) is 5.75 Å². The van der Waals surface area contributed by atoms with E-state index in [1.165, 1.54) is 12.3 Å². The lowest BCUT2D eigenvalue weighted by molar-refractivity contribution is 0.0994. The molecule has 0 bridgehead atoms. The SMILES string of the molecule is NC(=O)c1cc(OCC2CCN(Cc3ccccc3F)CC2)ccn1. The van der Waals surface area contributed by atoms with E-state index >= 15 is 0 Å². The maximum absolute atomic E-state index is 13.7. The summed E-state index contributed by atoms with van der Waals surface area (Å²) in [4.78, 5) is 17.3. The second-order valence-electron chi connectivity index (χ2n) is 6.36. The van der Waals surface area contributed by atoms with Crippen LogP contribution in [0.15, 0.2) is 42.6 Å². The van der Waals surface area contributed by atoms with E-state index in [1.807, 2.05) is 12.1 Å². The molecule has 6 heteroatoms. The normalized spacial score (nSPS) is 15.9. The molecule has 1 aromatic carbocycles. The van der Waals surface area contributed by atoms with Crippen molar-refractivity contribution in [2.24, 2.45) is 11.7 Å². The van der Waals surface area contributed by atoms with Crippen LogP contribution in [0.3, 0.4) is 0 Å². The van der Waals surface area contributed by atoms with Gasteiger partial charge in [0.25, 0.3) is 5.91 Å². The van der Waals surface area contributed by atoms with E-state index in [0.717, 1.165) is 31.5 Å². The fourth-order valence-corrected chi connectivity index (χ4v) is 3.03. The smallest absolute Gasteiger partial charge is 0.267 e. The zero-order valence-electron chi connectivity index (χ0n) is 14.0. The van der Waals surface area contributed by atoms with Crippen LogP contribution in [0.2, 0.25) is 0 Å². The molecule has 0 spiro atoms. The van der Waals surface area contributed by atoms with Crippen LogP contribution in [-0.2, 0) is 6.54 Å². The number of halogens is 1. The topological polar surface area (TPSA) is 68.5 Å². The number of hydrogen-bond donors (Lipinski definition) is 1. The molecule has 1 amide bonds. The Morgan fingerprint density at radius 2 is 2.04 bits per heavy atom. The van der Waals surface area contributed by atoms with Gasteiger partial charge in [-0.1, -0.05) is 18.2 Å². The van der Waals surface area contributed by atoms with Gasteiger partial charge in [-0.25, -0.2) is 4.39 Å². The Hall–Kier alpha value is -2.47. The lowest BCUT2D eigenvalue weighted by Gasteiger charge is -2.31. The zero-order chi connectivity index (χ0) is 17.6. The monoisotopic (exact) mass is 343 g/mol.